The molecule has 0 spiro atoms. The van der Waals surface area contributed by atoms with E-state index < -0.39 is 0 Å². The van der Waals surface area contributed by atoms with Crippen LogP contribution < -0.4 is 9.47 Å². The lowest BCUT2D eigenvalue weighted by atomic mass is 10.1. The number of ether oxygens (including phenoxy) is 2. The van der Waals surface area contributed by atoms with Gasteiger partial charge in [0.15, 0.2) is 17.3 Å². The van der Waals surface area contributed by atoms with Gasteiger partial charge in [-0.15, -0.1) is 0 Å². The van der Waals surface area contributed by atoms with Gasteiger partial charge < -0.3 is 14.6 Å². The molecule has 0 radical (unpaired) electrons. The van der Waals surface area contributed by atoms with Gasteiger partial charge in [0.05, 0.1) is 6.61 Å². The van der Waals surface area contributed by atoms with Gasteiger partial charge in [0.2, 0.25) is 0 Å². The Morgan fingerprint density at radius 1 is 0.571 bits per heavy atom. The van der Waals surface area contributed by atoms with Crippen molar-refractivity contribution in [3.05, 3.63) is 124 Å². The molecule has 0 unspecified atom stereocenters. The maximum Gasteiger partial charge on any atom is 0.163 e. The van der Waals surface area contributed by atoms with Gasteiger partial charge in [0.1, 0.15) is 23.9 Å². The minimum absolute atomic E-state index is 0.194. The van der Waals surface area contributed by atoms with Crippen LogP contribution in [0.4, 0.5) is 0 Å². The Bertz CT molecular complexity index is 1600. The third kappa shape index (κ3) is 6.95. The first-order valence-corrected chi connectivity index (χ1v) is 14.4. The molecule has 3 aliphatic carbocycles. The van der Waals surface area contributed by atoms with Crippen LogP contribution in [-0.2, 0) is 25.9 Å². The molecule has 0 fully saturated rings. The molecule has 4 aromatic rings. The number of benzene rings is 4. The normalized spacial score (nSPS) is 14.2. The van der Waals surface area contributed by atoms with E-state index in [0.717, 1.165) is 69.7 Å². The zero-order chi connectivity index (χ0) is 29.5. The lowest BCUT2D eigenvalue weighted by molar-refractivity contribution is 0.0986. The largest absolute Gasteiger partial charge is 0.508 e. The van der Waals surface area contributed by atoms with Crippen LogP contribution in [0.25, 0.3) is 0 Å². The number of carbonyl (C=O) groups excluding carboxylic acids is 3. The summed E-state index contributed by atoms with van der Waals surface area (Å²) in [7, 11) is 0. The predicted octanol–water partition coefficient (Wildman–Crippen LogP) is 7.13. The number of phenolic OH excluding ortho intramolecular Hbond substituents is 1. The molecule has 0 aromatic heterocycles. The predicted molar refractivity (Wildman–Crippen MR) is 161 cm³/mol. The number of aromatic hydroxyl groups is 1. The maximum absolute atomic E-state index is 11.5. The summed E-state index contributed by atoms with van der Waals surface area (Å²) < 4.78 is 11.1. The molecule has 0 bridgehead atoms. The third-order valence-electron chi connectivity index (χ3n) is 7.57. The van der Waals surface area contributed by atoms with Crippen molar-refractivity contribution in [2.45, 2.75) is 52.1 Å². The van der Waals surface area contributed by atoms with Crippen molar-refractivity contribution in [3.8, 4) is 17.2 Å². The van der Waals surface area contributed by atoms with E-state index in [2.05, 4.69) is 0 Å². The quantitative estimate of drug-likeness (QED) is 0.278. The van der Waals surface area contributed by atoms with Crippen molar-refractivity contribution < 1.29 is 29.0 Å². The van der Waals surface area contributed by atoms with Crippen molar-refractivity contribution in [2.75, 3.05) is 6.61 Å². The number of ketones is 3. The van der Waals surface area contributed by atoms with E-state index in [9.17, 15) is 14.4 Å². The highest BCUT2D eigenvalue weighted by molar-refractivity contribution is 6.01. The number of carbonyl (C=O) groups is 3. The van der Waals surface area contributed by atoms with Gasteiger partial charge in [-0.25, -0.2) is 0 Å². The molecule has 0 aliphatic heterocycles. The third-order valence-corrected chi connectivity index (χ3v) is 7.57. The summed E-state index contributed by atoms with van der Waals surface area (Å²) in [5.41, 5.74) is 6.90. The number of aryl methyl sites for hydroxylation is 3. The van der Waals surface area contributed by atoms with Crippen molar-refractivity contribution in [2.24, 2.45) is 0 Å². The fourth-order valence-electron chi connectivity index (χ4n) is 5.39. The first-order chi connectivity index (χ1) is 20.4. The molecule has 0 atom stereocenters. The van der Waals surface area contributed by atoms with Crippen LogP contribution in [0.2, 0.25) is 0 Å². The van der Waals surface area contributed by atoms with Gasteiger partial charge in [-0.1, -0.05) is 30.3 Å². The molecule has 6 nitrogen and oxygen atoms in total. The molecule has 7 rings (SSSR count). The second-order valence-electron chi connectivity index (χ2n) is 10.5. The van der Waals surface area contributed by atoms with Crippen LogP contribution in [-0.4, -0.2) is 29.1 Å². The van der Waals surface area contributed by atoms with Crippen LogP contribution in [0, 0.1) is 0 Å². The SMILES string of the molecule is CCOc1ccc2c(c1)CCC2=O.O=C1CCc2cc(O)ccc21.O=C1CCc2cc(OCc3ccccc3)ccc21. The smallest absolute Gasteiger partial charge is 0.163 e. The summed E-state index contributed by atoms with van der Waals surface area (Å²) in [6.07, 6.45) is 4.38. The number of phenols is 1. The fraction of sp³-hybridized carbons (Fsp3) is 0.250. The highest BCUT2D eigenvalue weighted by Gasteiger charge is 2.21. The molecule has 0 amide bonds. The van der Waals surface area contributed by atoms with E-state index in [4.69, 9.17) is 14.6 Å². The highest BCUT2D eigenvalue weighted by Crippen LogP contribution is 2.28. The number of hydrogen-bond acceptors (Lipinski definition) is 6. The number of hydrogen-bond donors (Lipinski definition) is 1. The lowest BCUT2D eigenvalue weighted by Gasteiger charge is -2.07. The van der Waals surface area contributed by atoms with E-state index in [1.54, 1.807) is 18.2 Å². The Morgan fingerprint density at radius 2 is 1.05 bits per heavy atom. The molecular formula is C36H34O6. The molecule has 0 saturated carbocycles. The standard InChI is InChI=1S/C16H14O2.C11H12O2.C9H8O2/c17-16-9-6-13-10-14(7-8-15(13)16)18-11-12-4-2-1-3-5-12;1-2-13-9-4-5-10-8(7-9)3-6-11(10)12;10-7-2-3-8-6(5-7)1-4-9(8)11/h1-5,7-8,10H,6,9,11H2;4-5,7H,2-3,6H2,1H3;2-3,5,10H,1,4H2. The van der Waals surface area contributed by atoms with Gasteiger partial charge in [0.25, 0.3) is 0 Å². The highest BCUT2D eigenvalue weighted by atomic mass is 16.5. The zero-order valence-corrected chi connectivity index (χ0v) is 23.7. The van der Waals surface area contributed by atoms with E-state index >= 15 is 0 Å². The number of fused-ring (bicyclic) bond motifs is 3. The summed E-state index contributed by atoms with van der Waals surface area (Å²) in [4.78, 5) is 33.9. The summed E-state index contributed by atoms with van der Waals surface area (Å²) in [5.74, 6) is 2.67. The van der Waals surface area contributed by atoms with Crippen LogP contribution in [0.1, 0.15) is 79.5 Å². The van der Waals surface area contributed by atoms with Crippen molar-refractivity contribution >= 4 is 17.3 Å². The van der Waals surface area contributed by atoms with Crippen LogP contribution in [0.3, 0.4) is 0 Å². The van der Waals surface area contributed by atoms with E-state index in [1.807, 2.05) is 73.7 Å². The minimum atomic E-state index is 0.194. The molecule has 0 saturated heterocycles. The maximum atomic E-state index is 11.5. The Kier molecular flexibility index (Phi) is 9.12. The van der Waals surface area contributed by atoms with Crippen molar-refractivity contribution in [1.29, 1.82) is 0 Å². The second-order valence-corrected chi connectivity index (χ2v) is 10.5. The van der Waals surface area contributed by atoms with Crippen LogP contribution >= 0.6 is 0 Å². The first kappa shape index (κ1) is 28.8. The Morgan fingerprint density at radius 3 is 1.57 bits per heavy atom. The van der Waals surface area contributed by atoms with Gasteiger partial charge in [-0.3, -0.25) is 14.4 Å². The average molecular weight is 563 g/mol. The van der Waals surface area contributed by atoms with E-state index in [0.29, 0.717) is 32.5 Å². The lowest BCUT2D eigenvalue weighted by Crippen LogP contribution is -1.96. The van der Waals surface area contributed by atoms with Crippen molar-refractivity contribution in [1.82, 2.24) is 0 Å². The molecular weight excluding hydrogens is 528 g/mol. The summed E-state index contributed by atoms with van der Waals surface area (Å²) in [5, 5.41) is 9.07. The summed E-state index contributed by atoms with van der Waals surface area (Å²) in [6, 6.07) is 26.4. The fourth-order valence-corrected chi connectivity index (χ4v) is 5.39. The second kappa shape index (κ2) is 13.3. The first-order valence-electron chi connectivity index (χ1n) is 14.4. The number of Topliss-reactive ketones (excluding diaryl/α,β-unsaturated/α-hetero) is 3. The monoisotopic (exact) mass is 562 g/mol. The van der Waals surface area contributed by atoms with E-state index in [-0.39, 0.29) is 23.1 Å². The van der Waals surface area contributed by atoms with Gasteiger partial charge in [0, 0.05) is 36.0 Å². The molecule has 214 valence electrons. The molecule has 4 aromatic carbocycles. The van der Waals surface area contributed by atoms with Gasteiger partial charge >= 0.3 is 0 Å². The van der Waals surface area contributed by atoms with E-state index in [1.165, 1.54) is 0 Å². The van der Waals surface area contributed by atoms with Crippen molar-refractivity contribution in [3.63, 3.8) is 0 Å². The molecule has 42 heavy (non-hydrogen) atoms. The minimum Gasteiger partial charge on any atom is -0.508 e. The number of rotatable bonds is 5. The topological polar surface area (TPSA) is 89.9 Å². The molecule has 1 N–H and O–H groups in total. The average Bonchev–Trinajstić information content (AvgIpc) is 3.69. The van der Waals surface area contributed by atoms with Gasteiger partial charge in [-0.2, -0.15) is 0 Å². The Hall–Kier alpha value is -4.71. The van der Waals surface area contributed by atoms with Crippen LogP contribution in [0.5, 0.6) is 17.2 Å². The molecule has 6 heteroatoms. The summed E-state index contributed by atoms with van der Waals surface area (Å²) in [6.45, 7) is 3.19. The molecule has 0 heterocycles. The summed E-state index contributed by atoms with van der Waals surface area (Å²) >= 11 is 0. The zero-order valence-electron chi connectivity index (χ0n) is 23.7. The van der Waals surface area contributed by atoms with Gasteiger partial charge in [-0.05, 0) is 103 Å². The Labute approximate surface area is 245 Å². The van der Waals surface area contributed by atoms with Crippen LogP contribution in [0.15, 0.2) is 84.9 Å². The Balaban J connectivity index is 0.000000131. The molecule has 3 aliphatic rings.